The van der Waals surface area contributed by atoms with Crippen LogP contribution in [0.5, 0.6) is 0 Å². The molecule has 1 aliphatic heterocycles. The summed E-state index contributed by atoms with van der Waals surface area (Å²) in [4.78, 5) is 2.34. The monoisotopic (exact) mass is 235 g/mol. The largest absolute Gasteiger partial charge is 0.392 e. The number of benzene rings is 1. The molecule has 2 unspecified atom stereocenters. The second kappa shape index (κ2) is 7.46. The van der Waals surface area contributed by atoms with Gasteiger partial charge in [-0.15, -0.1) is 0 Å². The van der Waals surface area contributed by atoms with E-state index in [4.69, 9.17) is 0 Å². The predicted octanol–water partition coefficient (Wildman–Crippen LogP) is 2.92. The van der Waals surface area contributed by atoms with Gasteiger partial charge in [0, 0.05) is 19.6 Å². The standard InChI is InChI=1S/C13H19NO.C2H6/c1-11-7-13(15)10-14(8-11)9-12-5-3-2-4-6-12;1-2/h2-6,11,13,15H,7-10H2,1H3;1-2H3. The fourth-order valence-electron chi connectivity index (χ4n) is 2.40. The van der Waals surface area contributed by atoms with Gasteiger partial charge in [0.05, 0.1) is 6.10 Å². The van der Waals surface area contributed by atoms with Gasteiger partial charge in [0.15, 0.2) is 0 Å². The first-order valence-corrected chi connectivity index (χ1v) is 6.68. The van der Waals surface area contributed by atoms with Gasteiger partial charge in [-0.1, -0.05) is 51.1 Å². The summed E-state index contributed by atoms with van der Waals surface area (Å²) in [6, 6.07) is 10.5. The van der Waals surface area contributed by atoms with Crippen LogP contribution in [0.2, 0.25) is 0 Å². The number of β-amino-alcohol motifs (C(OH)–C–C–N with tert-alkyl or cyclic N) is 1. The Hall–Kier alpha value is -0.860. The zero-order valence-electron chi connectivity index (χ0n) is 11.3. The topological polar surface area (TPSA) is 23.5 Å². The second-order valence-electron chi connectivity index (χ2n) is 4.67. The van der Waals surface area contributed by atoms with Crippen molar-refractivity contribution in [1.29, 1.82) is 0 Å². The number of piperidine rings is 1. The van der Waals surface area contributed by atoms with Gasteiger partial charge in [-0.3, -0.25) is 4.90 Å². The Morgan fingerprint density at radius 3 is 2.41 bits per heavy atom. The third-order valence-electron chi connectivity index (χ3n) is 2.96. The van der Waals surface area contributed by atoms with E-state index in [-0.39, 0.29) is 6.10 Å². The van der Waals surface area contributed by atoms with E-state index in [0.29, 0.717) is 5.92 Å². The molecule has 0 amide bonds. The summed E-state index contributed by atoms with van der Waals surface area (Å²) in [6.45, 7) is 9.09. The van der Waals surface area contributed by atoms with E-state index in [1.807, 2.05) is 19.9 Å². The molecule has 2 nitrogen and oxygen atoms in total. The first-order chi connectivity index (χ1) is 8.24. The van der Waals surface area contributed by atoms with E-state index in [1.54, 1.807) is 0 Å². The zero-order chi connectivity index (χ0) is 12.7. The molecule has 0 saturated carbocycles. The minimum absolute atomic E-state index is 0.141. The molecule has 2 heteroatoms. The first-order valence-electron chi connectivity index (χ1n) is 6.68. The summed E-state index contributed by atoms with van der Waals surface area (Å²) in [5, 5.41) is 9.69. The molecule has 1 saturated heterocycles. The zero-order valence-corrected chi connectivity index (χ0v) is 11.3. The van der Waals surface area contributed by atoms with E-state index >= 15 is 0 Å². The lowest BCUT2D eigenvalue weighted by molar-refractivity contribution is 0.0409. The van der Waals surface area contributed by atoms with Crippen LogP contribution in [0.4, 0.5) is 0 Å². The number of aliphatic hydroxyl groups is 1. The van der Waals surface area contributed by atoms with Gasteiger partial charge < -0.3 is 5.11 Å². The van der Waals surface area contributed by atoms with Crippen molar-refractivity contribution in [2.24, 2.45) is 5.92 Å². The molecule has 0 radical (unpaired) electrons. The molecule has 1 heterocycles. The summed E-state index contributed by atoms with van der Waals surface area (Å²) in [5.41, 5.74) is 1.33. The van der Waals surface area contributed by atoms with Crippen LogP contribution in [-0.4, -0.2) is 29.2 Å². The molecule has 1 aromatic rings. The van der Waals surface area contributed by atoms with Crippen molar-refractivity contribution >= 4 is 0 Å². The maximum atomic E-state index is 9.69. The molecule has 1 aromatic carbocycles. The number of aliphatic hydroxyl groups excluding tert-OH is 1. The Balaban J connectivity index is 0.000000686. The van der Waals surface area contributed by atoms with Crippen LogP contribution in [0.1, 0.15) is 32.8 Å². The lowest BCUT2D eigenvalue weighted by Gasteiger charge is -2.34. The van der Waals surface area contributed by atoms with Crippen LogP contribution < -0.4 is 0 Å². The third kappa shape index (κ3) is 4.88. The predicted molar refractivity (Wildman–Crippen MR) is 72.9 cm³/mol. The minimum Gasteiger partial charge on any atom is -0.392 e. The van der Waals surface area contributed by atoms with Crippen LogP contribution in [0, 0.1) is 5.92 Å². The molecule has 1 fully saturated rings. The van der Waals surface area contributed by atoms with Crippen LogP contribution in [0.3, 0.4) is 0 Å². The Kier molecular flexibility index (Phi) is 6.23. The molecule has 1 N–H and O–H groups in total. The molecule has 0 spiro atoms. The van der Waals surface area contributed by atoms with Crippen LogP contribution in [0.15, 0.2) is 30.3 Å². The van der Waals surface area contributed by atoms with Gasteiger partial charge in [-0.05, 0) is 17.9 Å². The quantitative estimate of drug-likeness (QED) is 0.852. The van der Waals surface area contributed by atoms with E-state index in [0.717, 1.165) is 26.1 Å². The van der Waals surface area contributed by atoms with Crippen LogP contribution >= 0.6 is 0 Å². The molecule has 96 valence electrons. The van der Waals surface area contributed by atoms with Crippen LogP contribution in [-0.2, 0) is 6.54 Å². The Morgan fingerprint density at radius 1 is 1.18 bits per heavy atom. The molecule has 0 aromatic heterocycles. The SMILES string of the molecule is CC.CC1CC(O)CN(Cc2ccccc2)C1. The Morgan fingerprint density at radius 2 is 1.82 bits per heavy atom. The fraction of sp³-hybridized carbons (Fsp3) is 0.600. The second-order valence-corrected chi connectivity index (χ2v) is 4.67. The molecule has 2 rings (SSSR count). The van der Waals surface area contributed by atoms with Gasteiger partial charge in [0.2, 0.25) is 0 Å². The van der Waals surface area contributed by atoms with E-state index < -0.39 is 0 Å². The normalized spacial score (nSPS) is 24.9. The average molecular weight is 235 g/mol. The smallest absolute Gasteiger partial charge is 0.0670 e. The number of likely N-dealkylation sites (tertiary alicyclic amines) is 1. The summed E-state index contributed by atoms with van der Waals surface area (Å²) >= 11 is 0. The lowest BCUT2D eigenvalue weighted by atomic mass is 9.97. The van der Waals surface area contributed by atoms with Crippen LogP contribution in [0.25, 0.3) is 0 Å². The maximum Gasteiger partial charge on any atom is 0.0670 e. The summed E-state index contributed by atoms with van der Waals surface area (Å²) < 4.78 is 0. The highest BCUT2D eigenvalue weighted by Crippen LogP contribution is 2.18. The highest BCUT2D eigenvalue weighted by Gasteiger charge is 2.22. The number of rotatable bonds is 2. The van der Waals surface area contributed by atoms with E-state index in [1.165, 1.54) is 5.56 Å². The summed E-state index contributed by atoms with van der Waals surface area (Å²) in [6.07, 6.45) is 0.808. The van der Waals surface area contributed by atoms with Crippen molar-refractivity contribution in [2.75, 3.05) is 13.1 Å². The Labute approximate surface area is 105 Å². The van der Waals surface area contributed by atoms with Crippen molar-refractivity contribution in [3.63, 3.8) is 0 Å². The van der Waals surface area contributed by atoms with Crippen molar-refractivity contribution in [3.05, 3.63) is 35.9 Å². The molecular formula is C15H25NO. The van der Waals surface area contributed by atoms with Gasteiger partial charge in [0.1, 0.15) is 0 Å². The van der Waals surface area contributed by atoms with E-state index in [9.17, 15) is 5.11 Å². The van der Waals surface area contributed by atoms with Crippen molar-refractivity contribution in [3.8, 4) is 0 Å². The average Bonchev–Trinajstić information content (AvgIpc) is 2.31. The molecule has 0 aliphatic carbocycles. The fourth-order valence-corrected chi connectivity index (χ4v) is 2.40. The lowest BCUT2D eigenvalue weighted by Crippen LogP contribution is -2.41. The third-order valence-corrected chi connectivity index (χ3v) is 2.96. The molecule has 2 atom stereocenters. The van der Waals surface area contributed by atoms with Crippen molar-refractivity contribution < 1.29 is 5.11 Å². The van der Waals surface area contributed by atoms with Gasteiger partial charge >= 0.3 is 0 Å². The molecule has 17 heavy (non-hydrogen) atoms. The van der Waals surface area contributed by atoms with Gasteiger partial charge in [-0.25, -0.2) is 0 Å². The van der Waals surface area contributed by atoms with Gasteiger partial charge in [-0.2, -0.15) is 0 Å². The Bertz CT molecular complexity index is 289. The number of nitrogens with zero attached hydrogens (tertiary/aromatic N) is 1. The van der Waals surface area contributed by atoms with Crippen molar-refractivity contribution in [1.82, 2.24) is 4.90 Å². The van der Waals surface area contributed by atoms with Crippen molar-refractivity contribution in [2.45, 2.75) is 39.8 Å². The highest BCUT2D eigenvalue weighted by atomic mass is 16.3. The highest BCUT2D eigenvalue weighted by molar-refractivity contribution is 5.14. The van der Waals surface area contributed by atoms with E-state index in [2.05, 4.69) is 36.1 Å². The number of hydrogen-bond donors (Lipinski definition) is 1. The summed E-state index contributed by atoms with van der Waals surface area (Å²) in [5.74, 6) is 0.609. The number of hydrogen-bond acceptors (Lipinski definition) is 2. The molecule has 1 aliphatic rings. The summed E-state index contributed by atoms with van der Waals surface area (Å²) in [7, 11) is 0. The maximum absolute atomic E-state index is 9.69. The first kappa shape index (κ1) is 14.2. The molecule has 0 bridgehead atoms. The van der Waals surface area contributed by atoms with Gasteiger partial charge in [0.25, 0.3) is 0 Å². The minimum atomic E-state index is -0.141. The molecular weight excluding hydrogens is 210 g/mol.